The minimum Gasteiger partial charge on any atom is -0.387 e. The Balaban J connectivity index is 1.51. The third-order valence-electron chi connectivity index (χ3n) is 6.53. The number of aryl methyl sites for hydroxylation is 3. The molecule has 1 aliphatic heterocycles. The van der Waals surface area contributed by atoms with Crippen molar-refractivity contribution in [1.29, 1.82) is 0 Å². The zero-order valence-corrected chi connectivity index (χ0v) is 17.7. The number of nitrogens with zero attached hydrogens (tertiary/aromatic N) is 3. The quantitative estimate of drug-likeness (QED) is 0.596. The van der Waals surface area contributed by atoms with Crippen LogP contribution in [0.1, 0.15) is 54.8 Å². The zero-order valence-electron chi connectivity index (χ0n) is 17.7. The topological polar surface area (TPSA) is 87.9 Å². The maximum absolute atomic E-state index is 12.3. The van der Waals surface area contributed by atoms with Crippen LogP contribution in [0, 0.1) is 13.8 Å². The van der Waals surface area contributed by atoms with E-state index < -0.39 is 6.10 Å². The van der Waals surface area contributed by atoms with Gasteiger partial charge in [-0.2, -0.15) is 5.10 Å². The lowest BCUT2D eigenvalue weighted by molar-refractivity contribution is 0.117. The van der Waals surface area contributed by atoms with Gasteiger partial charge in [0.15, 0.2) is 0 Å². The third kappa shape index (κ3) is 3.53. The highest BCUT2D eigenvalue weighted by molar-refractivity contribution is 5.79. The van der Waals surface area contributed by atoms with E-state index in [0.717, 1.165) is 41.6 Å². The smallest absolute Gasteiger partial charge is 0.326 e. The largest absolute Gasteiger partial charge is 0.387 e. The number of hydrogen-bond donors (Lipinski definition) is 3. The molecule has 3 heterocycles. The molecule has 0 spiro atoms. The van der Waals surface area contributed by atoms with Crippen LogP contribution in [0.5, 0.6) is 0 Å². The molecule has 0 aliphatic carbocycles. The lowest BCUT2D eigenvalue weighted by atomic mass is 9.96. The van der Waals surface area contributed by atoms with Crippen LogP contribution < -0.4 is 11.0 Å². The normalized spacial score (nSPS) is 20.2. The van der Waals surface area contributed by atoms with E-state index in [9.17, 15) is 9.90 Å². The molecule has 2 aromatic heterocycles. The average molecular weight is 398 g/mol. The highest BCUT2D eigenvalue weighted by Crippen LogP contribution is 2.30. The van der Waals surface area contributed by atoms with E-state index in [4.69, 9.17) is 0 Å². The molecule has 0 saturated carbocycles. The van der Waals surface area contributed by atoms with E-state index in [1.807, 2.05) is 29.9 Å². The molecule has 1 aromatic carbocycles. The number of para-hydroxylation sites is 1. The first-order valence-corrected chi connectivity index (χ1v) is 10.5. The first-order chi connectivity index (χ1) is 13.9. The number of benzene rings is 1. The van der Waals surface area contributed by atoms with Crippen LogP contribution in [0.25, 0.3) is 11.0 Å². The number of nitrogens with one attached hydrogen (secondary N) is 2. The van der Waals surface area contributed by atoms with Gasteiger partial charge in [0.1, 0.15) is 0 Å². The van der Waals surface area contributed by atoms with Crippen LogP contribution >= 0.6 is 0 Å². The number of rotatable bonds is 6. The molecule has 3 N–H and O–H groups in total. The van der Waals surface area contributed by atoms with Crippen LogP contribution in [0.3, 0.4) is 0 Å². The third-order valence-corrected chi connectivity index (χ3v) is 6.53. The molecule has 0 amide bonds. The van der Waals surface area contributed by atoms with Gasteiger partial charge in [0, 0.05) is 36.9 Å². The molecule has 7 nitrogen and oxygen atoms in total. The van der Waals surface area contributed by atoms with E-state index in [2.05, 4.69) is 36.2 Å². The molecular formula is C22H31N5O2. The maximum Gasteiger partial charge on any atom is 0.326 e. The maximum atomic E-state index is 12.3. The fourth-order valence-electron chi connectivity index (χ4n) is 4.72. The molecule has 156 valence electrons. The van der Waals surface area contributed by atoms with Crippen LogP contribution in [-0.2, 0) is 20.0 Å². The number of aliphatic hydroxyl groups is 1. The molecule has 7 heteroatoms. The average Bonchev–Trinajstić information content (AvgIpc) is 3.09. The number of aromatic nitrogens is 4. The van der Waals surface area contributed by atoms with Gasteiger partial charge in [-0.15, -0.1) is 0 Å². The summed E-state index contributed by atoms with van der Waals surface area (Å²) >= 11 is 0. The van der Waals surface area contributed by atoms with Gasteiger partial charge in [-0.1, -0.05) is 19.1 Å². The fourth-order valence-corrected chi connectivity index (χ4v) is 4.72. The Morgan fingerprint density at radius 1 is 1.38 bits per heavy atom. The Bertz CT molecular complexity index is 1080. The Labute approximate surface area is 170 Å². The summed E-state index contributed by atoms with van der Waals surface area (Å²) in [5, 5.41) is 19.4. The van der Waals surface area contributed by atoms with Crippen molar-refractivity contribution in [3.05, 3.63) is 51.2 Å². The van der Waals surface area contributed by atoms with Gasteiger partial charge < -0.3 is 15.4 Å². The first-order valence-electron chi connectivity index (χ1n) is 10.5. The van der Waals surface area contributed by atoms with Crippen molar-refractivity contribution in [2.24, 2.45) is 7.05 Å². The number of H-pyrrole nitrogens is 1. The van der Waals surface area contributed by atoms with Crippen molar-refractivity contribution < 1.29 is 5.11 Å². The second-order valence-corrected chi connectivity index (χ2v) is 8.25. The summed E-state index contributed by atoms with van der Waals surface area (Å²) in [5.74, 6) is 0. The van der Waals surface area contributed by atoms with Gasteiger partial charge in [-0.05, 0) is 51.2 Å². The first kappa shape index (κ1) is 19.9. The standard InChI is InChI=1S/C22H31N5O2/c1-5-15(9-10-16-13(2)25-26(4)14(16)3)23-19-11-12-27-20-17(21(19)28)7-6-8-18(20)24-22(27)29/h6-8,15,19,21,23,28H,5,9-12H2,1-4H3,(H,24,29)/t15?,19-,21-/m1/s1. The predicted octanol–water partition coefficient (Wildman–Crippen LogP) is 2.49. The summed E-state index contributed by atoms with van der Waals surface area (Å²) < 4.78 is 3.71. The van der Waals surface area contributed by atoms with Gasteiger partial charge in [0.25, 0.3) is 0 Å². The fraction of sp³-hybridized carbons (Fsp3) is 0.545. The van der Waals surface area contributed by atoms with Crippen LogP contribution in [-0.4, -0.2) is 36.5 Å². The van der Waals surface area contributed by atoms with E-state index in [-0.39, 0.29) is 11.7 Å². The Morgan fingerprint density at radius 3 is 2.86 bits per heavy atom. The molecule has 0 radical (unpaired) electrons. The molecule has 29 heavy (non-hydrogen) atoms. The lowest BCUT2D eigenvalue weighted by Gasteiger charge is -2.28. The summed E-state index contributed by atoms with van der Waals surface area (Å²) in [5.41, 5.74) is 5.99. The lowest BCUT2D eigenvalue weighted by Crippen LogP contribution is -2.42. The molecule has 0 fully saturated rings. The van der Waals surface area contributed by atoms with Crippen molar-refractivity contribution in [2.45, 2.75) is 71.2 Å². The van der Waals surface area contributed by atoms with Crippen molar-refractivity contribution in [2.75, 3.05) is 0 Å². The van der Waals surface area contributed by atoms with Crippen LogP contribution in [0.4, 0.5) is 0 Å². The zero-order chi connectivity index (χ0) is 20.7. The van der Waals surface area contributed by atoms with E-state index in [0.29, 0.717) is 19.0 Å². The summed E-state index contributed by atoms with van der Waals surface area (Å²) in [6, 6.07) is 5.93. The van der Waals surface area contributed by atoms with Crippen molar-refractivity contribution >= 4 is 11.0 Å². The molecule has 1 aliphatic rings. The highest BCUT2D eigenvalue weighted by atomic mass is 16.3. The second-order valence-electron chi connectivity index (χ2n) is 8.25. The van der Waals surface area contributed by atoms with Crippen molar-refractivity contribution in [1.82, 2.24) is 24.6 Å². The van der Waals surface area contributed by atoms with E-state index in [1.54, 1.807) is 4.57 Å². The summed E-state index contributed by atoms with van der Waals surface area (Å²) in [6.07, 6.45) is 3.01. The summed E-state index contributed by atoms with van der Waals surface area (Å²) in [7, 11) is 1.99. The summed E-state index contributed by atoms with van der Waals surface area (Å²) in [4.78, 5) is 15.2. The molecular weight excluding hydrogens is 366 g/mol. The summed E-state index contributed by atoms with van der Waals surface area (Å²) in [6.45, 7) is 6.96. The molecule has 0 saturated heterocycles. The van der Waals surface area contributed by atoms with E-state index in [1.165, 1.54) is 11.3 Å². The minimum atomic E-state index is -0.640. The van der Waals surface area contributed by atoms with Crippen molar-refractivity contribution in [3.8, 4) is 0 Å². The van der Waals surface area contributed by atoms with Crippen molar-refractivity contribution in [3.63, 3.8) is 0 Å². The molecule has 3 aromatic rings. The SMILES string of the molecule is CCC(CCc1c(C)nn(C)c1C)N[C@@H]1CCn2c(=O)[nH]c3cccc(c32)[C@H]1O. The number of aromatic amines is 1. The monoisotopic (exact) mass is 397 g/mol. The Morgan fingerprint density at radius 2 is 2.17 bits per heavy atom. The van der Waals surface area contributed by atoms with Gasteiger partial charge >= 0.3 is 5.69 Å². The number of aliphatic hydroxyl groups excluding tert-OH is 1. The van der Waals surface area contributed by atoms with E-state index >= 15 is 0 Å². The Kier molecular flexibility index (Phi) is 5.36. The second kappa shape index (κ2) is 7.80. The highest BCUT2D eigenvalue weighted by Gasteiger charge is 2.29. The molecule has 0 bridgehead atoms. The number of hydrogen-bond acceptors (Lipinski definition) is 4. The van der Waals surface area contributed by atoms with Gasteiger partial charge in [0.2, 0.25) is 0 Å². The Hall–Kier alpha value is -2.38. The predicted molar refractivity (Wildman–Crippen MR) is 114 cm³/mol. The van der Waals surface area contributed by atoms with Gasteiger partial charge in [-0.25, -0.2) is 4.79 Å². The van der Waals surface area contributed by atoms with Crippen LogP contribution in [0.15, 0.2) is 23.0 Å². The van der Waals surface area contributed by atoms with Gasteiger partial charge in [0.05, 0.1) is 22.8 Å². The molecule has 1 unspecified atom stereocenters. The number of imidazole rings is 1. The van der Waals surface area contributed by atoms with Crippen LogP contribution in [0.2, 0.25) is 0 Å². The molecule has 4 rings (SSSR count). The van der Waals surface area contributed by atoms with Gasteiger partial charge in [-0.3, -0.25) is 9.25 Å². The molecule has 3 atom stereocenters. The minimum absolute atomic E-state index is 0.0825.